The van der Waals surface area contributed by atoms with Crippen molar-refractivity contribution in [3.8, 4) is 0 Å². The molecular formula is C16H22N4O2. The van der Waals surface area contributed by atoms with E-state index >= 15 is 0 Å². The zero-order valence-electron chi connectivity index (χ0n) is 13.1. The van der Waals surface area contributed by atoms with Gasteiger partial charge in [0, 0.05) is 25.3 Å². The second-order valence-corrected chi connectivity index (χ2v) is 5.93. The van der Waals surface area contributed by atoms with Gasteiger partial charge in [0.05, 0.1) is 6.54 Å². The van der Waals surface area contributed by atoms with E-state index in [1.54, 1.807) is 6.33 Å². The third kappa shape index (κ3) is 3.37. The summed E-state index contributed by atoms with van der Waals surface area (Å²) < 4.78 is 7.72. The average molecular weight is 302 g/mol. The minimum absolute atomic E-state index is 0.00314. The zero-order valence-corrected chi connectivity index (χ0v) is 13.1. The van der Waals surface area contributed by atoms with Crippen molar-refractivity contribution in [2.45, 2.75) is 52.1 Å². The Hall–Kier alpha value is -2.11. The molecule has 0 radical (unpaired) electrons. The number of amides is 1. The first kappa shape index (κ1) is 14.8. The number of carbonyl (C=O) groups is 1. The van der Waals surface area contributed by atoms with Crippen LogP contribution in [0.5, 0.6) is 0 Å². The molecule has 0 aromatic carbocycles. The fourth-order valence-electron chi connectivity index (χ4n) is 2.63. The highest BCUT2D eigenvalue weighted by atomic mass is 16.3. The summed E-state index contributed by atoms with van der Waals surface area (Å²) in [5.74, 6) is 4.06. The van der Waals surface area contributed by atoms with Crippen LogP contribution in [0.2, 0.25) is 0 Å². The van der Waals surface area contributed by atoms with Crippen molar-refractivity contribution < 1.29 is 9.21 Å². The molecule has 1 aliphatic carbocycles. The Bertz CT molecular complexity index is 646. The van der Waals surface area contributed by atoms with E-state index in [-0.39, 0.29) is 5.91 Å². The van der Waals surface area contributed by atoms with Gasteiger partial charge < -0.3 is 14.3 Å². The molecule has 1 N–H and O–H groups in total. The monoisotopic (exact) mass is 302 g/mol. The third-order valence-electron chi connectivity index (χ3n) is 4.24. The van der Waals surface area contributed by atoms with Crippen molar-refractivity contribution in [3.05, 3.63) is 35.8 Å². The van der Waals surface area contributed by atoms with Gasteiger partial charge in [-0.1, -0.05) is 6.92 Å². The molecular weight excluding hydrogens is 280 g/mol. The predicted molar refractivity (Wildman–Crippen MR) is 81.1 cm³/mol. The van der Waals surface area contributed by atoms with Gasteiger partial charge in [0.15, 0.2) is 5.82 Å². The Kier molecular flexibility index (Phi) is 4.27. The van der Waals surface area contributed by atoms with Gasteiger partial charge in [-0.25, -0.2) is 0 Å². The third-order valence-corrected chi connectivity index (χ3v) is 4.24. The molecule has 0 unspecified atom stereocenters. The highest BCUT2D eigenvalue weighted by Crippen LogP contribution is 2.47. The molecule has 1 saturated carbocycles. The van der Waals surface area contributed by atoms with Gasteiger partial charge in [-0.2, -0.15) is 0 Å². The molecule has 6 nitrogen and oxygen atoms in total. The molecule has 1 fully saturated rings. The van der Waals surface area contributed by atoms with Crippen LogP contribution in [-0.4, -0.2) is 20.7 Å². The number of furan rings is 1. The molecule has 22 heavy (non-hydrogen) atoms. The molecule has 2 aromatic heterocycles. The van der Waals surface area contributed by atoms with Gasteiger partial charge in [0.25, 0.3) is 0 Å². The lowest BCUT2D eigenvalue weighted by Gasteiger charge is -2.05. The smallest absolute Gasteiger partial charge is 0.220 e. The molecule has 6 heteroatoms. The lowest BCUT2D eigenvalue weighted by atomic mass is 10.2. The average Bonchev–Trinajstić information content (AvgIpc) is 2.97. The van der Waals surface area contributed by atoms with Crippen molar-refractivity contribution in [3.63, 3.8) is 0 Å². The summed E-state index contributed by atoms with van der Waals surface area (Å²) in [7, 11) is 0. The standard InChI is InChI=1S/C16H22N4O2/c1-3-20-10-18-19-15(20)9-17-16(21)7-5-12-4-6-14(22-12)13-8-11(13)2/h4,6,10-11,13H,3,5,7-9H2,1-2H3,(H,17,21)/t11-,13-/m1/s1. The number of aryl methyl sites for hydroxylation is 2. The van der Waals surface area contributed by atoms with Gasteiger partial charge in [-0.05, 0) is 31.4 Å². The molecule has 0 saturated heterocycles. The topological polar surface area (TPSA) is 73.0 Å². The van der Waals surface area contributed by atoms with Crippen molar-refractivity contribution >= 4 is 5.91 Å². The van der Waals surface area contributed by atoms with Crippen LogP contribution in [0.4, 0.5) is 0 Å². The Morgan fingerprint density at radius 2 is 2.32 bits per heavy atom. The van der Waals surface area contributed by atoms with Crippen LogP contribution >= 0.6 is 0 Å². The highest BCUT2D eigenvalue weighted by Gasteiger charge is 2.36. The maximum Gasteiger partial charge on any atom is 0.220 e. The number of carbonyl (C=O) groups excluding carboxylic acids is 1. The van der Waals surface area contributed by atoms with Gasteiger partial charge in [0.2, 0.25) is 5.91 Å². The van der Waals surface area contributed by atoms with Crippen LogP contribution in [0.15, 0.2) is 22.9 Å². The molecule has 2 atom stereocenters. The fourth-order valence-corrected chi connectivity index (χ4v) is 2.63. The maximum absolute atomic E-state index is 11.9. The van der Waals surface area contributed by atoms with E-state index in [0.29, 0.717) is 25.3 Å². The first-order chi connectivity index (χ1) is 10.7. The van der Waals surface area contributed by atoms with E-state index in [1.165, 1.54) is 6.42 Å². The van der Waals surface area contributed by atoms with E-state index in [2.05, 4.69) is 22.4 Å². The van der Waals surface area contributed by atoms with Crippen LogP contribution in [0.25, 0.3) is 0 Å². The lowest BCUT2D eigenvalue weighted by Crippen LogP contribution is -2.24. The second-order valence-electron chi connectivity index (χ2n) is 5.93. The van der Waals surface area contributed by atoms with Crippen molar-refractivity contribution in [1.82, 2.24) is 20.1 Å². The van der Waals surface area contributed by atoms with E-state index < -0.39 is 0 Å². The predicted octanol–water partition coefficient (Wildman–Crippen LogP) is 2.26. The summed E-state index contributed by atoms with van der Waals surface area (Å²) in [4.78, 5) is 11.9. The van der Waals surface area contributed by atoms with Gasteiger partial charge in [-0.3, -0.25) is 4.79 Å². The quantitative estimate of drug-likeness (QED) is 0.851. The van der Waals surface area contributed by atoms with Crippen LogP contribution in [0.3, 0.4) is 0 Å². The first-order valence-electron chi connectivity index (χ1n) is 7.89. The number of aromatic nitrogens is 3. The van der Waals surface area contributed by atoms with Gasteiger partial charge in [0.1, 0.15) is 17.8 Å². The summed E-state index contributed by atoms with van der Waals surface area (Å²) in [6.45, 7) is 5.46. The largest absolute Gasteiger partial charge is 0.466 e. The molecule has 0 spiro atoms. The molecule has 0 bridgehead atoms. The minimum atomic E-state index is 0.00314. The Morgan fingerprint density at radius 3 is 3.05 bits per heavy atom. The number of hydrogen-bond donors (Lipinski definition) is 1. The number of hydrogen-bond acceptors (Lipinski definition) is 4. The normalized spacial score (nSPS) is 20.1. The summed E-state index contributed by atoms with van der Waals surface area (Å²) >= 11 is 0. The SMILES string of the molecule is CCn1cnnc1CNC(=O)CCc1ccc([C@@H]2C[C@H]2C)o1. The van der Waals surface area contributed by atoms with Gasteiger partial charge >= 0.3 is 0 Å². The number of rotatable bonds is 7. The molecule has 2 heterocycles. The Labute approximate surface area is 129 Å². The lowest BCUT2D eigenvalue weighted by molar-refractivity contribution is -0.121. The van der Waals surface area contributed by atoms with Crippen LogP contribution in [0, 0.1) is 5.92 Å². The second kappa shape index (κ2) is 6.34. The van der Waals surface area contributed by atoms with E-state index in [0.717, 1.165) is 29.8 Å². The zero-order chi connectivity index (χ0) is 15.5. The van der Waals surface area contributed by atoms with E-state index in [9.17, 15) is 4.79 Å². The first-order valence-corrected chi connectivity index (χ1v) is 7.89. The van der Waals surface area contributed by atoms with Crippen LogP contribution in [0.1, 0.15) is 50.0 Å². The summed E-state index contributed by atoms with van der Waals surface area (Å²) in [6, 6.07) is 4.03. The summed E-state index contributed by atoms with van der Waals surface area (Å²) in [6.07, 6.45) is 3.94. The molecule has 0 aliphatic heterocycles. The Morgan fingerprint density at radius 1 is 1.50 bits per heavy atom. The van der Waals surface area contributed by atoms with Crippen LogP contribution in [-0.2, 0) is 24.3 Å². The number of nitrogens with zero attached hydrogens (tertiary/aromatic N) is 3. The minimum Gasteiger partial charge on any atom is -0.466 e. The van der Waals surface area contributed by atoms with Gasteiger partial charge in [-0.15, -0.1) is 10.2 Å². The summed E-state index contributed by atoms with van der Waals surface area (Å²) in [5.41, 5.74) is 0. The molecule has 1 amide bonds. The van der Waals surface area contributed by atoms with Crippen molar-refractivity contribution in [2.24, 2.45) is 5.92 Å². The number of nitrogens with one attached hydrogen (secondary N) is 1. The molecule has 3 rings (SSSR count). The van der Waals surface area contributed by atoms with Crippen LogP contribution < -0.4 is 5.32 Å². The summed E-state index contributed by atoms with van der Waals surface area (Å²) in [5, 5.41) is 10.7. The van der Waals surface area contributed by atoms with Crippen molar-refractivity contribution in [2.75, 3.05) is 0 Å². The van der Waals surface area contributed by atoms with Crippen molar-refractivity contribution in [1.29, 1.82) is 0 Å². The Balaban J connectivity index is 1.43. The molecule has 118 valence electrons. The molecule has 1 aliphatic rings. The van der Waals surface area contributed by atoms with E-state index in [4.69, 9.17) is 4.42 Å². The van der Waals surface area contributed by atoms with E-state index in [1.807, 2.05) is 23.6 Å². The fraction of sp³-hybridized carbons (Fsp3) is 0.562. The highest BCUT2D eigenvalue weighted by molar-refractivity contribution is 5.75. The maximum atomic E-state index is 11.9. The molecule has 2 aromatic rings.